The number of aryl methyl sites for hydroxylation is 1. The second-order valence-electron chi connectivity index (χ2n) is 5.81. The first-order valence-electron chi connectivity index (χ1n) is 7.56. The monoisotopic (exact) mass is 342 g/mol. The molecule has 2 aromatic heterocycles. The maximum absolute atomic E-state index is 12.1. The predicted octanol–water partition coefficient (Wildman–Crippen LogP) is 1.64. The highest BCUT2D eigenvalue weighted by atomic mass is 35.5. The van der Waals surface area contributed by atoms with E-state index in [1.54, 1.807) is 30.3 Å². The Hall–Kier alpha value is -2.67. The molecule has 0 aliphatic carbocycles. The fraction of sp³-hybridized carbons (Fsp3) is 0.250. The van der Waals surface area contributed by atoms with E-state index < -0.39 is 0 Å². The van der Waals surface area contributed by atoms with Crippen molar-refractivity contribution < 1.29 is 4.79 Å². The zero-order valence-corrected chi connectivity index (χ0v) is 13.7. The minimum Gasteiger partial charge on any atom is -0.352 e. The Morgan fingerprint density at radius 3 is 2.88 bits per heavy atom. The van der Waals surface area contributed by atoms with Crippen molar-refractivity contribution in [1.29, 1.82) is 0 Å². The van der Waals surface area contributed by atoms with Gasteiger partial charge in [-0.3, -0.25) is 9.48 Å². The van der Waals surface area contributed by atoms with E-state index >= 15 is 0 Å². The summed E-state index contributed by atoms with van der Waals surface area (Å²) in [5.74, 6) is 0.682. The van der Waals surface area contributed by atoms with Crippen LogP contribution >= 0.6 is 11.6 Å². The molecule has 0 saturated carbocycles. The first-order valence-corrected chi connectivity index (χ1v) is 7.93. The van der Waals surface area contributed by atoms with Gasteiger partial charge in [-0.1, -0.05) is 11.6 Å². The first kappa shape index (κ1) is 14.9. The number of rotatable bonds is 3. The van der Waals surface area contributed by atoms with Crippen molar-refractivity contribution in [3.8, 4) is 0 Å². The van der Waals surface area contributed by atoms with Gasteiger partial charge in [0.25, 0.3) is 5.91 Å². The van der Waals surface area contributed by atoms with Gasteiger partial charge in [0.2, 0.25) is 0 Å². The number of anilines is 1. The third-order valence-corrected chi connectivity index (χ3v) is 4.27. The number of carbonyl (C=O) groups is 1. The van der Waals surface area contributed by atoms with Crippen LogP contribution in [-0.2, 0) is 7.05 Å². The van der Waals surface area contributed by atoms with Gasteiger partial charge in [0.15, 0.2) is 0 Å². The molecule has 0 bridgehead atoms. The van der Waals surface area contributed by atoms with Crippen LogP contribution in [0.4, 0.5) is 5.82 Å². The molecule has 4 rings (SSSR count). The molecule has 0 radical (unpaired) electrons. The van der Waals surface area contributed by atoms with Crippen molar-refractivity contribution >= 4 is 34.2 Å². The topological polar surface area (TPSA) is 75.9 Å². The summed E-state index contributed by atoms with van der Waals surface area (Å²) in [5, 5.41) is 8.65. The fourth-order valence-corrected chi connectivity index (χ4v) is 2.98. The van der Waals surface area contributed by atoms with Gasteiger partial charge in [-0.15, -0.1) is 0 Å². The lowest BCUT2D eigenvalue weighted by molar-refractivity contribution is 0.0924. The van der Waals surface area contributed by atoms with Crippen LogP contribution in [-0.4, -0.2) is 44.8 Å². The normalized spacial score (nSPS) is 14.7. The van der Waals surface area contributed by atoms with Gasteiger partial charge < -0.3 is 10.2 Å². The molecule has 1 fully saturated rings. The summed E-state index contributed by atoms with van der Waals surface area (Å²) >= 11 is 6.08. The van der Waals surface area contributed by atoms with Crippen LogP contribution in [0.5, 0.6) is 0 Å². The van der Waals surface area contributed by atoms with E-state index in [1.807, 2.05) is 18.2 Å². The number of nitrogens with zero attached hydrogens (tertiary/aromatic N) is 5. The molecule has 3 heterocycles. The van der Waals surface area contributed by atoms with Crippen molar-refractivity contribution in [2.75, 3.05) is 18.0 Å². The number of hydrogen-bond donors (Lipinski definition) is 1. The summed E-state index contributed by atoms with van der Waals surface area (Å²) in [6.07, 6.45) is 3.30. The van der Waals surface area contributed by atoms with Gasteiger partial charge >= 0.3 is 0 Å². The lowest BCUT2D eigenvalue weighted by Crippen LogP contribution is -2.59. The standard InChI is InChI=1S/C16H15ClN6O/c1-22-5-4-14(21-22)16(24)20-11-7-23(8-11)15-12-6-10(17)2-3-13(12)18-9-19-15/h2-6,9,11H,7-8H2,1H3,(H,20,24). The van der Waals surface area contributed by atoms with Gasteiger partial charge in [0.1, 0.15) is 17.8 Å². The Bertz CT molecular complexity index is 918. The average Bonchev–Trinajstić information content (AvgIpc) is 2.96. The van der Waals surface area contributed by atoms with Gasteiger partial charge in [-0.05, 0) is 24.3 Å². The average molecular weight is 343 g/mol. The Morgan fingerprint density at radius 1 is 1.29 bits per heavy atom. The predicted molar refractivity (Wildman–Crippen MR) is 91.2 cm³/mol. The smallest absolute Gasteiger partial charge is 0.272 e. The molecule has 0 unspecified atom stereocenters. The lowest BCUT2D eigenvalue weighted by atomic mass is 10.1. The third kappa shape index (κ3) is 2.67. The van der Waals surface area contributed by atoms with Crippen LogP contribution in [0, 0.1) is 0 Å². The Morgan fingerprint density at radius 2 is 2.12 bits per heavy atom. The SMILES string of the molecule is Cn1ccc(C(=O)NC2CN(c3ncnc4ccc(Cl)cc34)C2)n1. The van der Waals surface area contributed by atoms with E-state index in [2.05, 4.69) is 25.3 Å². The highest BCUT2D eigenvalue weighted by Crippen LogP contribution is 2.28. The third-order valence-electron chi connectivity index (χ3n) is 4.04. The molecule has 1 aliphatic rings. The minimum atomic E-state index is -0.157. The maximum Gasteiger partial charge on any atom is 0.272 e. The van der Waals surface area contributed by atoms with Crippen LogP contribution in [0.3, 0.4) is 0 Å². The number of amides is 1. The van der Waals surface area contributed by atoms with E-state index in [9.17, 15) is 4.79 Å². The summed E-state index contributed by atoms with van der Waals surface area (Å²) in [6.45, 7) is 1.38. The van der Waals surface area contributed by atoms with Crippen molar-refractivity contribution in [3.63, 3.8) is 0 Å². The highest BCUT2D eigenvalue weighted by Gasteiger charge is 2.30. The van der Waals surface area contributed by atoms with Crippen LogP contribution in [0.15, 0.2) is 36.8 Å². The van der Waals surface area contributed by atoms with Crippen molar-refractivity contribution in [3.05, 3.63) is 47.5 Å². The molecule has 8 heteroatoms. The van der Waals surface area contributed by atoms with Crippen LogP contribution in [0.25, 0.3) is 10.9 Å². The van der Waals surface area contributed by atoms with E-state index in [0.717, 1.165) is 16.7 Å². The Balaban J connectivity index is 1.46. The van der Waals surface area contributed by atoms with Crippen LogP contribution in [0.1, 0.15) is 10.5 Å². The molecule has 0 spiro atoms. The maximum atomic E-state index is 12.1. The molecule has 1 saturated heterocycles. The number of aromatic nitrogens is 4. The van der Waals surface area contributed by atoms with E-state index in [1.165, 1.54) is 0 Å². The van der Waals surface area contributed by atoms with Gasteiger partial charge in [-0.25, -0.2) is 9.97 Å². The second kappa shape index (κ2) is 5.76. The van der Waals surface area contributed by atoms with E-state index in [-0.39, 0.29) is 11.9 Å². The molecule has 1 amide bonds. The molecule has 24 heavy (non-hydrogen) atoms. The second-order valence-corrected chi connectivity index (χ2v) is 6.25. The summed E-state index contributed by atoms with van der Waals surface area (Å²) in [6, 6.07) is 7.33. The van der Waals surface area contributed by atoms with Crippen LogP contribution < -0.4 is 10.2 Å². The zero-order chi connectivity index (χ0) is 16.7. The van der Waals surface area contributed by atoms with E-state index in [4.69, 9.17) is 11.6 Å². The molecule has 1 N–H and O–H groups in total. The van der Waals surface area contributed by atoms with Crippen LogP contribution in [0.2, 0.25) is 5.02 Å². The number of hydrogen-bond acceptors (Lipinski definition) is 5. The fourth-order valence-electron chi connectivity index (χ4n) is 2.81. The summed E-state index contributed by atoms with van der Waals surface area (Å²) < 4.78 is 1.61. The zero-order valence-electron chi connectivity index (χ0n) is 13.0. The van der Waals surface area contributed by atoms with Crippen molar-refractivity contribution in [1.82, 2.24) is 25.1 Å². The molecular formula is C16H15ClN6O. The number of nitrogens with one attached hydrogen (secondary N) is 1. The number of benzene rings is 1. The molecule has 1 aromatic carbocycles. The summed E-state index contributed by atoms with van der Waals surface area (Å²) in [7, 11) is 1.78. The molecule has 0 atom stereocenters. The summed E-state index contributed by atoms with van der Waals surface area (Å²) in [4.78, 5) is 22.8. The first-order chi connectivity index (χ1) is 11.6. The van der Waals surface area contributed by atoms with Gasteiger partial charge in [0.05, 0.1) is 11.6 Å². The molecule has 7 nitrogen and oxygen atoms in total. The number of fused-ring (bicyclic) bond motifs is 1. The summed E-state index contributed by atoms with van der Waals surface area (Å²) in [5.41, 5.74) is 1.28. The largest absolute Gasteiger partial charge is 0.352 e. The van der Waals surface area contributed by atoms with Crippen molar-refractivity contribution in [2.24, 2.45) is 7.05 Å². The van der Waals surface area contributed by atoms with E-state index in [0.29, 0.717) is 23.8 Å². The lowest BCUT2D eigenvalue weighted by Gasteiger charge is -2.40. The van der Waals surface area contributed by atoms with Gasteiger partial charge in [0, 0.05) is 36.7 Å². The number of halogens is 1. The number of carbonyl (C=O) groups excluding carboxylic acids is 1. The van der Waals surface area contributed by atoms with Crippen molar-refractivity contribution in [2.45, 2.75) is 6.04 Å². The quantitative estimate of drug-likeness (QED) is 0.783. The Labute approximate surface area is 143 Å². The molecule has 122 valence electrons. The minimum absolute atomic E-state index is 0.0729. The Kier molecular flexibility index (Phi) is 3.57. The molecular weight excluding hydrogens is 328 g/mol. The highest BCUT2D eigenvalue weighted by molar-refractivity contribution is 6.31. The molecule has 1 aliphatic heterocycles. The molecule has 3 aromatic rings. The van der Waals surface area contributed by atoms with Gasteiger partial charge in [-0.2, -0.15) is 5.10 Å².